The predicted octanol–water partition coefficient (Wildman–Crippen LogP) is 2.59. The number of aryl methyl sites for hydroxylation is 1. The summed E-state index contributed by atoms with van der Waals surface area (Å²) in [6, 6.07) is 1.87. The molecule has 1 N–H and O–H groups in total. The van der Waals surface area contributed by atoms with Crippen molar-refractivity contribution < 1.29 is 9.90 Å². The smallest absolute Gasteiger partial charge is 0.308 e. The molecule has 2 atom stereocenters. The van der Waals surface area contributed by atoms with Gasteiger partial charge in [0.2, 0.25) is 0 Å². The number of nitrogens with zero attached hydrogens (tertiary/aromatic N) is 2. The second-order valence-electron chi connectivity index (χ2n) is 5.62. The Morgan fingerprint density at radius 3 is 2.84 bits per heavy atom. The first kappa shape index (κ1) is 12.7. The van der Waals surface area contributed by atoms with Gasteiger partial charge in [-0.2, -0.15) is 0 Å². The zero-order valence-electron chi connectivity index (χ0n) is 10.8. The van der Waals surface area contributed by atoms with E-state index in [4.69, 9.17) is 11.6 Å². The van der Waals surface area contributed by atoms with Crippen molar-refractivity contribution in [1.29, 1.82) is 0 Å². The highest BCUT2D eigenvalue weighted by atomic mass is 35.5. The minimum absolute atomic E-state index is 0.246. The fourth-order valence-corrected chi connectivity index (χ4v) is 3.24. The first-order valence-corrected chi connectivity index (χ1v) is 7.04. The van der Waals surface area contributed by atoms with Crippen LogP contribution in [0.5, 0.6) is 0 Å². The highest BCUT2D eigenvalue weighted by Gasteiger charge is 2.46. The van der Waals surface area contributed by atoms with Gasteiger partial charge in [0.1, 0.15) is 5.82 Å². The Morgan fingerprint density at radius 2 is 2.21 bits per heavy atom. The maximum Gasteiger partial charge on any atom is 0.308 e. The normalized spacial score (nSPS) is 26.7. The van der Waals surface area contributed by atoms with Crippen LogP contribution in [-0.4, -0.2) is 29.1 Å². The van der Waals surface area contributed by atoms with Crippen LogP contribution in [-0.2, 0) is 4.79 Å². The molecule has 1 aliphatic carbocycles. The molecule has 0 radical (unpaired) electrons. The number of hydrogen-bond donors (Lipinski definition) is 1. The summed E-state index contributed by atoms with van der Waals surface area (Å²) in [7, 11) is 0. The summed E-state index contributed by atoms with van der Waals surface area (Å²) in [6.07, 6.45) is 4.06. The Kier molecular flexibility index (Phi) is 3.13. The molecular formula is C14H17ClN2O2. The van der Waals surface area contributed by atoms with Crippen LogP contribution in [0.1, 0.15) is 18.4 Å². The third-order valence-electron chi connectivity index (χ3n) is 4.27. The summed E-state index contributed by atoms with van der Waals surface area (Å²) in [5, 5.41) is 10.0. The van der Waals surface area contributed by atoms with E-state index in [0.29, 0.717) is 17.5 Å². The quantitative estimate of drug-likeness (QED) is 0.925. The van der Waals surface area contributed by atoms with Crippen LogP contribution in [0.25, 0.3) is 0 Å². The van der Waals surface area contributed by atoms with Crippen LogP contribution in [0.4, 0.5) is 5.82 Å². The summed E-state index contributed by atoms with van der Waals surface area (Å²) < 4.78 is 0. The summed E-state index contributed by atoms with van der Waals surface area (Å²) in [6.45, 7) is 3.22. The molecule has 2 aliphatic rings. The molecule has 0 spiro atoms. The van der Waals surface area contributed by atoms with E-state index in [1.807, 2.05) is 17.9 Å². The molecule has 1 aromatic heterocycles. The largest absolute Gasteiger partial charge is 0.481 e. The van der Waals surface area contributed by atoms with Crippen molar-refractivity contribution in [1.82, 2.24) is 4.98 Å². The van der Waals surface area contributed by atoms with Crippen LogP contribution in [0, 0.1) is 24.7 Å². The maximum absolute atomic E-state index is 11.4. The second kappa shape index (κ2) is 4.67. The van der Waals surface area contributed by atoms with E-state index in [1.54, 1.807) is 6.20 Å². The molecule has 102 valence electrons. The number of hydrogen-bond acceptors (Lipinski definition) is 3. The number of aromatic nitrogens is 1. The number of pyridine rings is 1. The number of rotatable bonds is 3. The van der Waals surface area contributed by atoms with E-state index in [0.717, 1.165) is 30.8 Å². The molecule has 1 aliphatic heterocycles. The Hall–Kier alpha value is -1.29. The zero-order chi connectivity index (χ0) is 13.6. The molecule has 0 bridgehead atoms. The van der Waals surface area contributed by atoms with Crippen LogP contribution in [0.3, 0.4) is 0 Å². The van der Waals surface area contributed by atoms with Gasteiger partial charge in [0.25, 0.3) is 0 Å². The zero-order valence-corrected chi connectivity index (χ0v) is 11.6. The molecule has 1 aromatic rings. The summed E-state index contributed by atoms with van der Waals surface area (Å²) in [5.41, 5.74) is 0.980. The van der Waals surface area contributed by atoms with E-state index in [1.165, 1.54) is 0 Å². The van der Waals surface area contributed by atoms with Gasteiger partial charge in [-0.1, -0.05) is 11.6 Å². The highest BCUT2D eigenvalue weighted by molar-refractivity contribution is 6.33. The molecule has 3 rings (SSSR count). The third kappa shape index (κ3) is 2.29. The molecule has 19 heavy (non-hydrogen) atoms. The van der Waals surface area contributed by atoms with Crippen LogP contribution in [0.2, 0.25) is 5.02 Å². The van der Waals surface area contributed by atoms with Crippen LogP contribution in [0.15, 0.2) is 12.3 Å². The topological polar surface area (TPSA) is 53.4 Å². The van der Waals surface area contributed by atoms with Gasteiger partial charge in [-0.05, 0) is 43.2 Å². The van der Waals surface area contributed by atoms with E-state index in [9.17, 15) is 9.90 Å². The SMILES string of the molecule is Cc1ccnc(N2C[C@@H](C(=O)O)[C@H](C3CC3)C2)c1Cl. The van der Waals surface area contributed by atoms with Crippen molar-refractivity contribution in [3.63, 3.8) is 0 Å². The highest BCUT2D eigenvalue weighted by Crippen LogP contribution is 2.45. The Bertz CT molecular complexity index is 516. The number of carboxylic acids is 1. The molecule has 2 heterocycles. The van der Waals surface area contributed by atoms with Gasteiger partial charge < -0.3 is 10.0 Å². The number of halogens is 1. The Morgan fingerprint density at radius 1 is 1.47 bits per heavy atom. The molecule has 2 fully saturated rings. The lowest BCUT2D eigenvalue weighted by Crippen LogP contribution is -2.24. The van der Waals surface area contributed by atoms with Crippen molar-refractivity contribution in [3.8, 4) is 0 Å². The lowest BCUT2D eigenvalue weighted by atomic mass is 9.92. The van der Waals surface area contributed by atoms with Crippen molar-refractivity contribution in [2.75, 3.05) is 18.0 Å². The van der Waals surface area contributed by atoms with Gasteiger partial charge in [-0.15, -0.1) is 0 Å². The average Bonchev–Trinajstić information content (AvgIpc) is 3.12. The van der Waals surface area contributed by atoms with Gasteiger partial charge in [0, 0.05) is 19.3 Å². The second-order valence-corrected chi connectivity index (χ2v) is 5.99. The fourth-order valence-electron chi connectivity index (χ4n) is 3.01. The molecule has 0 amide bonds. The maximum atomic E-state index is 11.4. The summed E-state index contributed by atoms with van der Waals surface area (Å²) in [4.78, 5) is 17.8. The summed E-state index contributed by atoms with van der Waals surface area (Å²) in [5.74, 6) is 0.579. The fraction of sp³-hybridized carbons (Fsp3) is 0.571. The van der Waals surface area contributed by atoms with Crippen molar-refractivity contribution in [2.45, 2.75) is 19.8 Å². The number of carboxylic acid groups (broad SMARTS) is 1. The van der Waals surface area contributed by atoms with Gasteiger partial charge in [0.15, 0.2) is 0 Å². The van der Waals surface area contributed by atoms with Gasteiger partial charge in [-0.25, -0.2) is 4.98 Å². The standard InChI is InChI=1S/C14H17ClN2O2/c1-8-4-5-16-13(12(8)15)17-6-10(9-2-3-9)11(7-17)14(18)19/h4-5,9-11H,2-3,6-7H2,1H3,(H,18,19)/t10-,11+/m0/s1. The third-order valence-corrected chi connectivity index (χ3v) is 4.74. The number of aliphatic carboxylic acids is 1. The van der Waals surface area contributed by atoms with Crippen molar-refractivity contribution >= 4 is 23.4 Å². The van der Waals surface area contributed by atoms with E-state index < -0.39 is 5.97 Å². The van der Waals surface area contributed by atoms with E-state index >= 15 is 0 Å². The Balaban J connectivity index is 1.86. The first-order chi connectivity index (χ1) is 9.08. The predicted molar refractivity (Wildman–Crippen MR) is 73.5 cm³/mol. The van der Waals surface area contributed by atoms with E-state index in [2.05, 4.69) is 4.98 Å². The Labute approximate surface area is 117 Å². The minimum atomic E-state index is -0.692. The lowest BCUT2D eigenvalue weighted by molar-refractivity contribution is -0.142. The summed E-state index contributed by atoms with van der Waals surface area (Å²) >= 11 is 6.29. The number of anilines is 1. The molecule has 1 saturated heterocycles. The van der Waals surface area contributed by atoms with Gasteiger partial charge in [-0.3, -0.25) is 4.79 Å². The molecule has 0 unspecified atom stereocenters. The molecule has 1 saturated carbocycles. The molecule has 5 heteroatoms. The minimum Gasteiger partial charge on any atom is -0.481 e. The van der Waals surface area contributed by atoms with Gasteiger partial charge in [0.05, 0.1) is 10.9 Å². The average molecular weight is 281 g/mol. The molecular weight excluding hydrogens is 264 g/mol. The monoisotopic (exact) mass is 280 g/mol. The number of carbonyl (C=O) groups is 1. The van der Waals surface area contributed by atoms with Crippen LogP contribution >= 0.6 is 11.6 Å². The van der Waals surface area contributed by atoms with E-state index in [-0.39, 0.29) is 11.8 Å². The lowest BCUT2D eigenvalue weighted by Gasteiger charge is -2.19. The van der Waals surface area contributed by atoms with Crippen molar-refractivity contribution in [2.24, 2.45) is 17.8 Å². The van der Waals surface area contributed by atoms with Gasteiger partial charge >= 0.3 is 5.97 Å². The molecule has 4 nitrogen and oxygen atoms in total. The molecule has 0 aromatic carbocycles. The van der Waals surface area contributed by atoms with Crippen LogP contribution < -0.4 is 4.90 Å². The van der Waals surface area contributed by atoms with Crippen molar-refractivity contribution in [3.05, 3.63) is 22.8 Å². The first-order valence-electron chi connectivity index (χ1n) is 6.66.